The van der Waals surface area contributed by atoms with Crippen LogP contribution in [-0.2, 0) is 16.2 Å². The standard InChI is InChI=1S/C21H19BrN4O2/c1-14-5-7-15(8-6-14)13-26-10-9-20(24-26)23-21(27)19-12-18(25-28-19)16-3-2-4-17(22)11-16/h2-11,19H,12-13H2,1H3,(H,23,24,27). The molecular formula is C21H19BrN4O2. The number of carbonyl (C=O) groups is 1. The lowest BCUT2D eigenvalue weighted by molar-refractivity contribution is -0.125. The summed E-state index contributed by atoms with van der Waals surface area (Å²) in [5, 5.41) is 11.3. The molecule has 1 aliphatic heterocycles. The second-order valence-electron chi connectivity index (χ2n) is 6.72. The quantitative estimate of drug-likeness (QED) is 0.650. The predicted octanol–water partition coefficient (Wildman–Crippen LogP) is 4.13. The Hall–Kier alpha value is -2.93. The topological polar surface area (TPSA) is 68.5 Å². The van der Waals surface area contributed by atoms with E-state index in [1.54, 1.807) is 10.7 Å². The molecule has 0 spiro atoms. The number of nitrogens with zero attached hydrogens (tertiary/aromatic N) is 3. The maximum Gasteiger partial charge on any atom is 0.269 e. The highest BCUT2D eigenvalue weighted by Crippen LogP contribution is 2.20. The van der Waals surface area contributed by atoms with Gasteiger partial charge in [-0.25, -0.2) is 0 Å². The molecule has 0 saturated carbocycles. The van der Waals surface area contributed by atoms with E-state index in [-0.39, 0.29) is 5.91 Å². The van der Waals surface area contributed by atoms with Crippen LogP contribution in [0, 0.1) is 6.92 Å². The van der Waals surface area contributed by atoms with E-state index in [9.17, 15) is 4.79 Å². The number of aromatic nitrogens is 2. The highest BCUT2D eigenvalue weighted by Gasteiger charge is 2.29. The van der Waals surface area contributed by atoms with Gasteiger partial charge in [0.25, 0.3) is 5.91 Å². The van der Waals surface area contributed by atoms with Gasteiger partial charge in [-0.15, -0.1) is 0 Å². The van der Waals surface area contributed by atoms with Gasteiger partial charge in [-0.2, -0.15) is 5.10 Å². The number of nitrogens with one attached hydrogen (secondary N) is 1. The first-order chi connectivity index (χ1) is 13.6. The van der Waals surface area contributed by atoms with E-state index in [1.807, 2.05) is 30.5 Å². The molecule has 1 unspecified atom stereocenters. The van der Waals surface area contributed by atoms with E-state index < -0.39 is 6.10 Å². The van der Waals surface area contributed by atoms with Gasteiger partial charge in [0.2, 0.25) is 6.10 Å². The Morgan fingerprint density at radius 1 is 1.25 bits per heavy atom. The Kier molecular flexibility index (Phi) is 5.25. The zero-order chi connectivity index (χ0) is 19.5. The highest BCUT2D eigenvalue weighted by molar-refractivity contribution is 9.10. The fourth-order valence-corrected chi connectivity index (χ4v) is 3.36. The van der Waals surface area contributed by atoms with Crippen molar-refractivity contribution in [1.82, 2.24) is 9.78 Å². The number of rotatable bonds is 5. The molecule has 2 aromatic carbocycles. The molecule has 4 rings (SSSR count). The maximum absolute atomic E-state index is 12.5. The fourth-order valence-electron chi connectivity index (χ4n) is 2.96. The number of aryl methyl sites for hydroxylation is 1. The molecule has 0 aliphatic carbocycles. The lowest BCUT2D eigenvalue weighted by atomic mass is 10.0. The number of hydrogen-bond acceptors (Lipinski definition) is 4. The molecule has 0 bridgehead atoms. The molecule has 0 saturated heterocycles. The van der Waals surface area contributed by atoms with Gasteiger partial charge in [0.15, 0.2) is 5.82 Å². The first-order valence-corrected chi connectivity index (χ1v) is 9.74. The van der Waals surface area contributed by atoms with Crippen molar-refractivity contribution in [3.8, 4) is 0 Å². The molecule has 3 aromatic rings. The molecule has 1 aliphatic rings. The van der Waals surface area contributed by atoms with Crippen LogP contribution in [0.5, 0.6) is 0 Å². The van der Waals surface area contributed by atoms with Crippen molar-refractivity contribution < 1.29 is 9.63 Å². The van der Waals surface area contributed by atoms with Crippen LogP contribution in [0.4, 0.5) is 5.82 Å². The summed E-state index contributed by atoms with van der Waals surface area (Å²) in [6.45, 7) is 2.70. The summed E-state index contributed by atoms with van der Waals surface area (Å²) in [6.07, 6.45) is 1.61. The van der Waals surface area contributed by atoms with Crippen molar-refractivity contribution >= 4 is 33.4 Å². The summed E-state index contributed by atoms with van der Waals surface area (Å²) in [5.41, 5.74) is 4.06. The van der Waals surface area contributed by atoms with Crippen molar-refractivity contribution in [2.45, 2.75) is 26.0 Å². The third-order valence-corrected chi connectivity index (χ3v) is 4.97. The van der Waals surface area contributed by atoms with Crippen LogP contribution in [0.2, 0.25) is 0 Å². The van der Waals surface area contributed by atoms with Crippen LogP contribution in [0.1, 0.15) is 23.1 Å². The minimum atomic E-state index is -0.656. The van der Waals surface area contributed by atoms with Crippen LogP contribution >= 0.6 is 15.9 Å². The molecule has 1 amide bonds. The number of carbonyl (C=O) groups excluding carboxylic acids is 1. The molecule has 1 N–H and O–H groups in total. The lowest BCUT2D eigenvalue weighted by Gasteiger charge is -2.07. The first kappa shape index (κ1) is 18.4. The number of oxime groups is 1. The van der Waals surface area contributed by atoms with E-state index in [2.05, 4.69) is 62.7 Å². The van der Waals surface area contributed by atoms with Gasteiger partial charge in [-0.1, -0.05) is 63.0 Å². The van der Waals surface area contributed by atoms with Crippen LogP contribution in [-0.4, -0.2) is 27.5 Å². The molecule has 7 heteroatoms. The van der Waals surface area contributed by atoms with Crippen LogP contribution < -0.4 is 5.32 Å². The van der Waals surface area contributed by atoms with E-state index in [1.165, 1.54) is 5.56 Å². The van der Waals surface area contributed by atoms with Crippen LogP contribution in [0.15, 0.2) is 70.4 Å². The third-order valence-electron chi connectivity index (χ3n) is 4.48. The summed E-state index contributed by atoms with van der Waals surface area (Å²) in [4.78, 5) is 17.8. The molecular weight excluding hydrogens is 420 g/mol. The molecule has 142 valence electrons. The Morgan fingerprint density at radius 2 is 2.07 bits per heavy atom. The van der Waals surface area contributed by atoms with Gasteiger partial charge >= 0.3 is 0 Å². The van der Waals surface area contributed by atoms with Crippen LogP contribution in [0.25, 0.3) is 0 Å². The van der Waals surface area contributed by atoms with Gasteiger partial charge in [0.1, 0.15) is 0 Å². The summed E-state index contributed by atoms with van der Waals surface area (Å²) >= 11 is 3.44. The van der Waals surface area contributed by atoms with Crippen LogP contribution in [0.3, 0.4) is 0 Å². The molecule has 1 aromatic heterocycles. The van der Waals surface area contributed by atoms with Crippen molar-refractivity contribution in [2.75, 3.05) is 5.32 Å². The number of amides is 1. The maximum atomic E-state index is 12.5. The fraction of sp³-hybridized carbons (Fsp3) is 0.190. The number of anilines is 1. The molecule has 6 nitrogen and oxygen atoms in total. The Morgan fingerprint density at radius 3 is 2.86 bits per heavy atom. The summed E-state index contributed by atoms with van der Waals surface area (Å²) in [7, 11) is 0. The molecule has 0 fully saturated rings. The lowest BCUT2D eigenvalue weighted by Crippen LogP contribution is -2.28. The number of benzene rings is 2. The smallest absolute Gasteiger partial charge is 0.269 e. The minimum absolute atomic E-state index is 0.255. The van der Waals surface area contributed by atoms with Crippen molar-refractivity contribution in [3.05, 3.63) is 82.0 Å². The average Bonchev–Trinajstić information content (AvgIpc) is 3.33. The molecule has 0 radical (unpaired) electrons. The summed E-state index contributed by atoms with van der Waals surface area (Å²) in [5.74, 6) is 0.242. The zero-order valence-electron chi connectivity index (χ0n) is 15.3. The average molecular weight is 439 g/mol. The minimum Gasteiger partial charge on any atom is -0.382 e. The van der Waals surface area contributed by atoms with E-state index in [4.69, 9.17) is 4.84 Å². The third kappa shape index (κ3) is 4.31. The van der Waals surface area contributed by atoms with Crippen molar-refractivity contribution in [3.63, 3.8) is 0 Å². The Labute approximate surface area is 171 Å². The Bertz CT molecular complexity index is 1030. The van der Waals surface area contributed by atoms with Crippen molar-refractivity contribution in [2.24, 2.45) is 5.16 Å². The number of halogens is 1. The number of hydrogen-bond donors (Lipinski definition) is 1. The van der Waals surface area contributed by atoms with Gasteiger partial charge in [0, 0.05) is 28.7 Å². The van der Waals surface area contributed by atoms with E-state index in [0.717, 1.165) is 21.3 Å². The predicted molar refractivity (Wildman–Crippen MR) is 111 cm³/mol. The second-order valence-corrected chi connectivity index (χ2v) is 7.64. The molecule has 28 heavy (non-hydrogen) atoms. The van der Waals surface area contributed by atoms with Gasteiger partial charge in [-0.3, -0.25) is 9.48 Å². The summed E-state index contributed by atoms with van der Waals surface area (Å²) < 4.78 is 2.75. The van der Waals surface area contributed by atoms with Crippen molar-refractivity contribution in [1.29, 1.82) is 0 Å². The van der Waals surface area contributed by atoms with Gasteiger partial charge in [0.05, 0.1) is 12.3 Å². The Balaban J connectivity index is 1.34. The van der Waals surface area contributed by atoms with E-state index in [0.29, 0.717) is 18.8 Å². The monoisotopic (exact) mass is 438 g/mol. The largest absolute Gasteiger partial charge is 0.382 e. The summed E-state index contributed by atoms with van der Waals surface area (Å²) in [6, 6.07) is 17.8. The SMILES string of the molecule is Cc1ccc(Cn2ccc(NC(=O)C3CC(c4cccc(Br)c4)=NO3)n2)cc1. The molecule has 2 heterocycles. The molecule has 1 atom stereocenters. The highest BCUT2D eigenvalue weighted by atomic mass is 79.9. The normalized spacial score (nSPS) is 15.8. The zero-order valence-corrected chi connectivity index (χ0v) is 16.9. The van der Waals surface area contributed by atoms with E-state index >= 15 is 0 Å². The first-order valence-electron chi connectivity index (χ1n) is 8.95. The van der Waals surface area contributed by atoms with Gasteiger partial charge in [-0.05, 0) is 24.6 Å². The van der Waals surface area contributed by atoms with Gasteiger partial charge < -0.3 is 10.2 Å². The second kappa shape index (κ2) is 7.98.